The van der Waals surface area contributed by atoms with Crippen LogP contribution in [0.5, 0.6) is 0 Å². The van der Waals surface area contributed by atoms with Crippen LogP contribution in [0.4, 0.5) is 10.1 Å². The van der Waals surface area contributed by atoms with Crippen LogP contribution < -0.4 is 5.32 Å². The lowest BCUT2D eigenvalue weighted by molar-refractivity contribution is 0.102. The fourth-order valence-corrected chi connectivity index (χ4v) is 2.45. The van der Waals surface area contributed by atoms with Crippen LogP contribution in [0.15, 0.2) is 42.5 Å². The zero-order chi connectivity index (χ0) is 17.3. The largest absolute Gasteiger partial charge is 0.320 e. The van der Waals surface area contributed by atoms with Crippen LogP contribution in [-0.4, -0.2) is 20.9 Å². The summed E-state index contributed by atoms with van der Waals surface area (Å²) in [6.45, 7) is 3.59. The fraction of sp³-hybridized carbons (Fsp3) is 0.118. The van der Waals surface area contributed by atoms with Gasteiger partial charge in [-0.3, -0.25) is 4.79 Å². The Morgan fingerprint density at radius 3 is 2.58 bits per heavy atom. The van der Waals surface area contributed by atoms with Gasteiger partial charge in [0, 0.05) is 10.7 Å². The third-order valence-corrected chi connectivity index (χ3v) is 3.86. The van der Waals surface area contributed by atoms with Crippen molar-refractivity contribution in [1.82, 2.24) is 15.0 Å². The van der Waals surface area contributed by atoms with Crippen molar-refractivity contribution in [3.63, 3.8) is 0 Å². The van der Waals surface area contributed by atoms with Gasteiger partial charge < -0.3 is 5.32 Å². The normalized spacial score (nSPS) is 10.7. The Balaban J connectivity index is 1.89. The number of carbonyl (C=O) groups is 1. The van der Waals surface area contributed by atoms with E-state index in [0.717, 1.165) is 5.56 Å². The smallest absolute Gasteiger partial charge is 0.278 e. The number of rotatable bonds is 3. The molecule has 122 valence electrons. The molecule has 0 fully saturated rings. The van der Waals surface area contributed by atoms with Gasteiger partial charge in [-0.15, -0.1) is 5.10 Å². The van der Waals surface area contributed by atoms with E-state index in [4.69, 9.17) is 11.6 Å². The van der Waals surface area contributed by atoms with Crippen molar-refractivity contribution in [2.75, 3.05) is 5.32 Å². The predicted octanol–water partition coefficient (Wildman–Crippen LogP) is 3.93. The Morgan fingerprint density at radius 2 is 1.88 bits per heavy atom. The van der Waals surface area contributed by atoms with Gasteiger partial charge in [0.1, 0.15) is 5.82 Å². The number of hydrogen-bond donors (Lipinski definition) is 1. The maximum atomic E-state index is 13.0. The summed E-state index contributed by atoms with van der Waals surface area (Å²) in [5.41, 5.74) is 2.87. The number of nitrogens with zero attached hydrogens (tertiary/aromatic N) is 3. The SMILES string of the molecule is Cc1ccc(Cl)cc1NC(=O)c1nnn(-c2ccc(F)cc2)c1C. The number of hydrogen-bond acceptors (Lipinski definition) is 3. The van der Waals surface area contributed by atoms with Crippen molar-refractivity contribution >= 4 is 23.2 Å². The molecule has 0 aliphatic rings. The molecule has 0 spiro atoms. The van der Waals surface area contributed by atoms with E-state index in [-0.39, 0.29) is 17.4 Å². The third-order valence-electron chi connectivity index (χ3n) is 3.63. The maximum absolute atomic E-state index is 13.0. The molecule has 3 aromatic rings. The second-order valence-electron chi connectivity index (χ2n) is 5.33. The van der Waals surface area contributed by atoms with Crippen molar-refractivity contribution in [1.29, 1.82) is 0 Å². The van der Waals surface area contributed by atoms with Crippen LogP contribution in [0, 0.1) is 19.7 Å². The number of nitrogens with one attached hydrogen (secondary N) is 1. The molecule has 24 heavy (non-hydrogen) atoms. The molecule has 0 unspecified atom stereocenters. The summed E-state index contributed by atoms with van der Waals surface area (Å²) in [7, 11) is 0. The van der Waals surface area contributed by atoms with E-state index < -0.39 is 0 Å². The Labute approximate surface area is 143 Å². The second kappa shape index (κ2) is 6.41. The summed E-state index contributed by atoms with van der Waals surface area (Å²) in [5, 5.41) is 11.2. The van der Waals surface area contributed by atoms with E-state index in [1.807, 2.05) is 13.0 Å². The molecule has 5 nitrogen and oxygen atoms in total. The molecule has 0 bridgehead atoms. The van der Waals surface area contributed by atoms with Crippen LogP contribution in [0.25, 0.3) is 5.69 Å². The topological polar surface area (TPSA) is 59.8 Å². The molecule has 0 atom stereocenters. The number of halogens is 2. The van der Waals surface area contributed by atoms with Crippen LogP contribution in [0.2, 0.25) is 5.02 Å². The summed E-state index contributed by atoms with van der Waals surface area (Å²) < 4.78 is 14.5. The number of amides is 1. The van der Waals surface area contributed by atoms with E-state index in [2.05, 4.69) is 15.6 Å². The molecule has 0 saturated heterocycles. The monoisotopic (exact) mass is 344 g/mol. The highest BCUT2D eigenvalue weighted by molar-refractivity contribution is 6.31. The first-order valence-corrected chi connectivity index (χ1v) is 7.59. The number of benzene rings is 2. The van der Waals surface area contributed by atoms with Crippen molar-refractivity contribution in [3.05, 3.63) is 70.3 Å². The first kappa shape index (κ1) is 16.1. The van der Waals surface area contributed by atoms with Gasteiger partial charge in [0.05, 0.1) is 11.4 Å². The minimum absolute atomic E-state index is 0.193. The molecule has 0 radical (unpaired) electrons. The summed E-state index contributed by atoms with van der Waals surface area (Å²) >= 11 is 5.96. The number of aryl methyl sites for hydroxylation is 1. The van der Waals surface area contributed by atoms with Gasteiger partial charge >= 0.3 is 0 Å². The molecular weight excluding hydrogens is 331 g/mol. The number of aromatic nitrogens is 3. The lowest BCUT2D eigenvalue weighted by Gasteiger charge is -2.08. The van der Waals surface area contributed by atoms with Gasteiger partial charge in [-0.2, -0.15) is 0 Å². The van der Waals surface area contributed by atoms with E-state index in [9.17, 15) is 9.18 Å². The average Bonchev–Trinajstić information content (AvgIpc) is 2.93. The van der Waals surface area contributed by atoms with Crippen molar-refractivity contribution in [2.24, 2.45) is 0 Å². The Morgan fingerprint density at radius 1 is 1.17 bits per heavy atom. The molecule has 7 heteroatoms. The van der Waals surface area contributed by atoms with Gasteiger partial charge in [-0.1, -0.05) is 22.9 Å². The summed E-state index contributed by atoms with van der Waals surface area (Å²) in [4.78, 5) is 12.5. The summed E-state index contributed by atoms with van der Waals surface area (Å²) in [6, 6.07) is 11.0. The minimum atomic E-state index is -0.383. The predicted molar refractivity (Wildman–Crippen MR) is 90.2 cm³/mol. The van der Waals surface area contributed by atoms with Gasteiger partial charge in [0.25, 0.3) is 5.91 Å². The van der Waals surface area contributed by atoms with E-state index in [0.29, 0.717) is 22.1 Å². The lowest BCUT2D eigenvalue weighted by Crippen LogP contribution is -2.15. The molecule has 1 heterocycles. The summed E-state index contributed by atoms with van der Waals surface area (Å²) in [6.07, 6.45) is 0. The molecule has 1 aromatic heterocycles. The van der Waals surface area contributed by atoms with Crippen molar-refractivity contribution in [2.45, 2.75) is 13.8 Å². The van der Waals surface area contributed by atoms with Crippen molar-refractivity contribution < 1.29 is 9.18 Å². The highest BCUT2D eigenvalue weighted by Crippen LogP contribution is 2.21. The Bertz CT molecular complexity index is 905. The molecule has 2 aromatic carbocycles. The quantitative estimate of drug-likeness (QED) is 0.783. The van der Waals surface area contributed by atoms with Crippen molar-refractivity contribution in [3.8, 4) is 5.69 Å². The number of carbonyl (C=O) groups excluding carboxylic acids is 1. The molecule has 0 aliphatic carbocycles. The van der Waals surface area contributed by atoms with Crippen LogP contribution in [-0.2, 0) is 0 Å². The second-order valence-corrected chi connectivity index (χ2v) is 5.76. The molecule has 0 saturated carbocycles. The summed E-state index contributed by atoms with van der Waals surface area (Å²) in [5.74, 6) is -0.725. The first-order chi connectivity index (χ1) is 11.5. The number of anilines is 1. The van der Waals surface area contributed by atoms with Gasteiger partial charge in [-0.05, 0) is 55.8 Å². The van der Waals surface area contributed by atoms with Gasteiger partial charge in [-0.25, -0.2) is 9.07 Å². The van der Waals surface area contributed by atoms with Crippen LogP contribution >= 0.6 is 11.6 Å². The van der Waals surface area contributed by atoms with E-state index in [1.165, 1.54) is 16.8 Å². The Kier molecular flexibility index (Phi) is 4.31. The average molecular weight is 345 g/mol. The highest BCUT2D eigenvalue weighted by atomic mass is 35.5. The fourth-order valence-electron chi connectivity index (χ4n) is 2.28. The van der Waals surface area contributed by atoms with Crippen LogP contribution in [0.3, 0.4) is 0 Å². The zero-order valence-corrected chi connectivity index (χ0v) is 13.8. The zero-order valence-electron chi connectivity index (χ0n) is 13.0. The van der Waals surface area contributed by atoms with Gasteiger partial charge in [0.2, 0.25) is 0 Å². The Hall–Kier alpha value is -2.73. The van der Waals surface area contributed by atoms with Gasteiger partial charge in [0.15, 0.2) is 5.69 Å². The first-order valence-electron chi connectivity index (χ1n) is 7.21. The lowest BCUT2D eigenvalue weighted by atomic mass is 10.2. The van der Waals surface area contributed by atoms with Crippen LogP contribution in [0.1, 0.15) is 21.7 Å². The van der Waals surface area contributed by atoms with E-state index in [1.54, 1.807) is 31.2 Å². The molecular formula is C17H14ClFN4O. The highest BCUT2D eigenvalue weighted by Gasteiger charge is 2.18. The molecule has 3 rings (SSSR count). The molecule has 1 amide bonds. The van der Waals surface area contributed by atoms with E-state index >= 15 is 0 Å². The maximum Gasteiger partial charge on any atom is 0.278 e. The third kappa shape index (κ3) is 3.14. The standard InChI is InChI=1S/C17H14ClFN4O/c1-10-3-4-12(18)9-15(10)20-17(24)16-11(2)23(22-21-16)14-7-5-13(19)6-8-14/h3-9H,1-2H3,(H,20,24). The molecule has 1 N–H and O–H groups in total. The molecule has 0 aliphatic heterocycles. The minimum Gasteiger partial charge on any atom is -0.320 e.